The van der Waals surface area contributed by atoms with Crippen molar-refractivity contribution in [2.24, 2.45) is 0 Å². The zero-order valence-corrected chi connectivity index (χ0v) is 12.5. The minimum atomic E-state index is -4.09. The number of aliphatic hydroxyl groups is 4. The van der Waals surface area contributed by atoms with Crippen LogP contribution in [0.1, 0.15) is 38.5 Å². The van der Waals surface area contributed by atoms with Gasteiger partial charge in [0.15, 0.2) is 0 Å². The van der Waals surface area contributed by atoms with Crippen LogP contribution < -0.4 is 0 Å². The third-order valence-corrected chi connectivity index (χ3v) is 4.12. The van der Waals surface area contributed by atoms with E-state index in [4.69, 9.17) is 0 Å². The highest BCUT2D eigenvalue weighted by molar-refractivity contribution is 4.93. The normalized spacial score (nSPS) is 30.7. The number of rotatable bonds is 8. The molecule has 1 fully saturated rings. The number of likely N-dealkylation sites (tertiary alicyclic amines) is 1. The molecule has 0 amide bonds. The molecule has 0 aromatic carbocycles. The van der Waals surface area contributed by atoms with Crippen molar-refractivity contribution >= 4 is 0 Å². The summed E-state index contributed by atoms with van der Waals surface area (Å²) in [5.74, 6) is 0. The standard InChI is InChI=1S/C14H26F3NO4/c15-14(16,17)6-4-2-1-3-5-7-18-8-11(20)13(22)12(21)10(18)9-19/h10-13,19-22H,1-9H2/t10-,11+,12-,13-/m1/s1. The third kappa shape index (κ3) is 6.37. The van der Waals surface area contributed by atoms with Crippen LogP contribution in [0, 0.1) is 0 Å². The second-order valence-electron chi connectivity index (χ2n) is 5.93. The lowest BCUT2D eigenvalue weighted by Crippen LogP contribution is -2.62. The van der Waals surface area contributed by atoms with Gasteiger partial charge in [0.25, 0.3) is 0 Å². The number of aliphatic hydroxyl groups excluding tert-OH is 4. The zero-order valence-electron chi connectivity index (χ0n) is 12.5. The van der Waals surface area contributed by atoms with E-state index in [0.717, 1.165) is 6.42 Å². The minimum Gasteiger partial charge on any atom is -0.395 e. The molecule has 22 heavy (non-hydrogen) atoms. The Morgan fingerprint density at radius 3 is 2.09 bits per heavy atom. The number of nitrogens with zero attached hydrogens (tertiary/aromatic N) is 1. The van der Waals surface area contributed by atoms with E-state index in [0.29, 0.717) is 25.8 Å². The van der Waals surface area contributed by atoms with Gasteiger partial charge in [0, 0.05) is 13.0 Å². The van der Waals surface area contributed by atoms with Crippen molar-refractivity contribution in [1.82, 2.24) is 4.90 Å². The molecule has 0 aliphatic carbocycles. The Hall–Kier alpha value is -0.410. The van der Waals surface area contributed by atoms with Crippen LogP contribution in [0.4, 0.5) is 13.2 Å². The Labute approximate surface area is 128 Å². The van der Waals surface area contributed by atoms with Gasteiger partial charge >= 0.3 is 6.18 Å². The van der Waals surface area contributed by atoms with E-state index in [1.165, 1.54) is 0 Å². The van der Waals surface area contributed by atoms with Gasteiger partial charge in [0.2, 0.25) is 0 Å². The summed E-state index contributed by atoms with van der Waals surface area (Å²) in [4.78, 5) is 1.72. The third-order valence-electron chi connectivity index (χ3n) is 4.12. The van der Waals surface area contributed by atoms with Crippen molar-refractivity contribution in [3.8, 4) is 0 Å². The first-order valence-electron chi connectivity index (χ1n) is 7.72. The number of halogens is 3. The molecule has 1 aliphatic heterocycles. The molecular formula is C14H26F3NO4. The maximum Gasteiger partial charge on any atom is 0.389 e. The number of hydrogen-bond donors (Lipinski definition) is 4. The monoisotopic (exact) mass is 329 g/mol. The van der Waals surface area contributed by atoms with Crippen molar-refractivity contribution in [3.05, 3.63) is 0 Å². The predicted octanol–water partition coefficient (Wildman–Crippen LogP) is 0.648. The van der Waals surface area contributed by atoms with Crippen LogP contribution in [0.25, 0.3) is 0 Å². The highest BCUT2D eigenvalue weighted by Crippen LogP contribution is 2.23. The lowest BCUT2D eigenvalue weighted by Gasteiger charge is -2.43. The molecule has 1 saturated heterocycles. The first-order chi connectivity index (χ1) is 10.3. The average Bonchev–Trinajstić information content (AvgIpc) is 2.43. The van der Waals surface area contributed by atoms with Gasteiger partial charge in [-0.2, -0.15) is 13.2 Å². The summed E-state index contributed by atoms with van der Waals surface area (Å²) in [5.41, 5.74) is 0. The van der Waals surface area contributed by atoms with Crippen molar-refractivity contribution in [2.75, 3.05) is 19.7 Å². The molecule has 132 valence electrons. The summed E-state index contributed by atoms with van der Waals surface area (Å²) < 4.78 is 35.9. The second kappa shape index (κ2) is 9.02. The zero-order chi connectivity index (χ0) is 16.8. The fourth-order valence-electron chi connectivity index (χ4n) is 2.81. The second-order valence-corrected chi connectivity index (χ2v) is 5.93. The van der Waals surface area contributed by atoms with Crippen molar-refractivity contribution < 1.29 is 33.6 Å². The molecule has 1 rings (SSSR count). The van der Waals surface area contributed by atoms with Crippen LogP contribution in [-0.4, -0.2) is 75.6 Å². The fraction of sp³-hybridized carbons (Fsp3) is 1.00. The van der Waals surface area contributed by atoms with Crippen LogP contribution in [0.3, 0.4) is 0 Å². The number of unbranched alkanes of at least 4 members (excludes halogenated alkanes) is 4. The largest absolute Gasteiger partial charge is 0.395 e. The molecular weight excluding hydrogens is 303 g/mol. The van der Waals surface area contributed by atoms with Gasteiger partial charge in [-0.15, -0.1) is 0 Å². The van der Waals surface area contributed by atoms with E-state index >= 15 is 0 Å². The number of β-amino-alcohol motifs (C(OH)–C–C–N with tert-alkyl or cyclic N) is 1. The molecule has 4 N–H and O–H groups in total. The molecule has 0 aromatic heterocycles. The highest BCUT2D eigenvalue weighted by atomic mass is 19.4. The molecule has 0 bridgehead atoms. The van der Waals surface area contributed by atoms with Gasteiger partial charge in [-0.05, 0) is 19.4 Å². The number of hydrogen-bond acceptors (Lipinski definition) is 5. The van der Waals surface area contributed by atoms with E-state index in [2.05, 4.69) is 0 Å². The van der Waals surface area contributed by atoms with Gasteiger partial charge < -0.3 is 20.4 Å². The SMILES string of the molecule is OC[C@@H]1[C@@H](O)[C@H](O)[C@@H](O)CN1CCCCCCCC(F)(F)F. The average molecular weight is 329 g/mol. The molecule has 5 nitrogen and oxygen atoms in total. The summed E-state index contributed by atoms with van der Waals surface area (Å²) in [6.07, 6.45) is -5.57. The van der Waals surface area contributed by atoms with Crippen LogP contribution >= 0.6 is 0 Å². The summed E-state index contributed by atoms with van der Waals surface area (Å²) in [6.45, 7) is 0.361. The summed E-state index contributed by atoms with van der Waals surface area (Å²) >= 11 is 0. The maximum absolute atomic E-state index is 12.0. The lowest BCUT2D eigenvalue weighted by molar-refractivity contribution is -0.145. The van der Waals surface area contributed by atoms with Crippen LogP contribution in [-0.2, 0) is 0 Å². The van der Waals surface area contributed by atoms with Gasteiger partial charge in [0.05, 0.1) is 18.8 Å². The predicted molar refractivity (Wildman–Crippen MR) is 74.2 cm³/mol. The molecule has 0 unspecified atom stereocenters. The van der Waals surface area contributed by atoms with Crippen molar-refractivity contribution in [2.45, 2.75) is 69.1 Å². The Morgan fingerprint density at radius 2 is 1.50 bits per heavy atom. The fourth-order valence-corrected chi connectivity index (χ4v) is 2.81. The number of piperidine rings is 1. The van der Waals surface area contributed by atoms with E-state index in [-0.39, 0.29) is 19.6 Å². The Balaban J connectivity index is 2.20. The molecule has 4 atom stereocenters. The first kappa shape index (κ1) is 19.6. The Morgan fingerprint density at radius 1 is 0.909 bits per heavy atom. The van der Waals surface area contributed by atoms with Crippen molar-refractivity contribution in [1.29, 1.82) is 0 Å². The number of alkyl halides is 3. The summed E-state index contributed by atoms with van der Waals surface area (Å²) in [6, 6.07) is -0.622. The van der Waals surface area contributed by atoms with E-state index in [1.807, 2.05) is 0 Å². The van der Waals surface area contributed by atoms with Crippen LogP contribution in [0.2, 0.25) is 0 Å². The molecule has 0 saturated carbocycles. The molecule has 0 aromatic rings. The van der Waals surface area contributed by atoms with Gasteiger partial charge in [-0.3, -0.25) is 4.90 Å². The summed E-state index contributed by atoms with van der Waals surface area (Å²) in [7, 11) is 0. The van der Waals surface area contributed by atoms with Crippen molar-refractivity contribution in [3.63, 3.8) is 0 Å². The molecule has 0 spiro atoms. The maximum atomic E-state index is 12.0. The first-order valence-corrected chi connectivity index (χ1v) is 7.72. The van der Waals surface area contributed by atoms with Gasteiger partial charge in [-0.25, -0.2) is 0 Å². The minimum absolute atomic E-state index is 0.135. The Kier molecular flexibility index (Phi) is 8.06. The highest BCUT2D eigenvalue weighted by Gasteiger charge is 2.40. The quantitative estimate of drug-likeness (QED) is 0.492. The topological polar surface area (TPSA) is 84.2 Å². The van der Waals surface area contributed by atoms with Crippen LogP contribution in [0.5, 0.6) is 0 Å². The van der Waals surface area contributed by atoms with Crippen LogP contribution in [0.15, 0.2) is 0 Å². The van der Waals surface area contributed by atoms with Gasteiger partial charge in [-0.1, -0.05) is 19.3 Å². The summed E-state index contributed by atoms with van der Waals surface area (Å²) in [5, 5.41) is 38.3. The molecule has 0 radical (unpaired) electrons. The van der Waals surface area contributed by atoms with E-state index in [9.17, 15) is 33.6 Å². The smallest absolute Gasteiger partial charge is 0.389 e. The molecule has 1 aliphatic rings. The lowest BCUT2D eigenvalue weighted by atomic mass is 9.94. The molecule has 1 heterocycles. The molecule has 8 heteroatoms. The van der Waals surface area contributed by atoms with E-state index in [1.54, 1.807) is 4.90 Å². The van der Waals surface area contributed by atoms with Gasteiger partial charge in [0.1, 0.15) is 12.2 Å². The van der Waals surface area contributed by atoms with E-state index < -0.39 is 37.0 Å². The Bertz CT molecular complexity index is 317.